The fraction of sp³-hybridized carbons (Fsp3) is 0.333. The van der Waals surface area contributed by atoms with Crippen molar-refractivity contribution < 1.29 is 17.9 Å². The van der Waals surface area contributed by atoms with E-state index in [2.05, 4.69) is 21.9 Å². The Bertz CT molecular complexity index is 400. The average Bonchev–Trinajstić information content (AvgIpc) is 2.25. The van der Waals surface area contributed by atoms with Crippen molar-refractivity contribution in [3.05, 3.63) is 29.8 Å². The molecule has 1 aromatic carbocycles. The van der Waals surface area contributed by atoms with Gasteiger partial charge in [0, 0.05) is 18.5 Å². The Labute approximate surface area is 97.8 Å². The fourth-order valence-corrected chi connectivity index (χ4v) is 1.09. The average molecular weight is 243 g/mol. The smallest absolute Gasteiger partial charge is 0.406 e. The van der Waals surface area contributed by atoms with E-state index in [1.807, 2.05) is 7.05 Å². The van der Waals surface area contributed by atoms with E-state index >= 15 is 0 Å². The van der Waals surface area contributed by atoms with E-state index in [1.165, 1.54) is 24.3 Å². The van der Waals surface area contributed by atoms with Gasteiger partial charge in [0.2, 0.25) is 0 Å². The summed E-state index contributed by atoms with van der Waals surface area (Å²) in [5.74, 6) is 5.50. The highest BCUT2D eigenvalue weighted by atomic mass is 19.4. The first-order chi connectivity index (χ1) is 8.01. The molecule has 0 fully saturated rings. The lowest BCUT2D eigenvalue weighted by Crippen LogP contribution is -2.16. The minimum atomic E-state index is -4.65. The van der Waals surface area contributed by atoms with Gasteiger partial charge in [0.1, 0.15) is 5.75 Å². The van der Waals surface area contributed by atoms with Crippen molar-refractivity contribution in [3.8, 4) is 17.6 Å². The van der Waals surface area contributed by atoms with E-state index in [0.29, 0.717) is 12.0 Å². The minimum absolute atomic E-state index is 0.238. The zero-order valence-electron chi connectivity index (χ0n) is 9.27. The second-order valence-electron chi connectivity index (χ2n) is 3.23. The Balaban J connectivity index is 2.58. The molecule has 0 aliphatic heterocycles. The van der Waals surface area contributed by atoms with Crippen LogP contribution < -0.4 is 10.1 Å². The van der Waals surface area contributed by atoms with Gasteiger partial charge in [-0.15, -0.1) is 13.2 Å². The predicted octanol–water partition coefficient (Wildman–Crippen LogP) is 2.55. The van der Waals surface area contributed by atoms with Gasteiger partial charge >= 0.3 is 6.36 Å². The van der Waals surface area contributed by atoms with Crippen LogP contribution in [0, 0.1) is 11.8 Å². The highest BCUT2D eigenvalue weighted by Gasteiger charge is 2.30. The zero-order chi connectivity index (χ0) is 12.7. The van der Waals surface area contributed by atoms with Gasteiger partial charge in [-0.1, -0.05) is 11.8 Å². The second-order valence-corrected chi connectivity index (χ2v) is 3.23. The van der Waals surface area contributed by atoms with Crippen LogP contribution in [0.5, 0.6) is 5.75 Å². The van der Waals surface area contributed by atoms with Gasteiger partial charge < -0.3 is 10.1 Å². The van der Waals surface area contributed by atoms with Crippen molar-refractivity contribution in [2.45, 2.75) is 12.8 Å². The Morgan fingerprint density at radius 3 is 2.41 bits per heavy atom. The lowest BCUT2D eigenvalue weighted by atomic mass is 10.2. The van der Waals surface area contributed by atoms with Crippen molar-refractivity contribution in [1.29, 1.82) is 0 Å². The van der Waals surface area contributed by atoms with Crippen molar-refractivity contribution in [2.75, 3.05) is 13.6 Å². The first kappa shape index (κ1) is 13.4. The zero-order valence-corrected chi connectivity index (χ0v) is 9.27. The number of hydrogen-bond acceptors (Lipinski definition) is 2. The van der Waals surface area contributed by atoms with E-state index in [0.717, 1.165) is 6.54 Å². The van der Waals surface area contributed by atoms with Crippen LogP contribution in [0.3, 0.4) is 0 Å². The molecule has 0 bridgehead atoms. The van der Waals surface area contributed by atoms with Crippen LogP contribution in [0.1, 0.15) is 12.0 Å². The first-order valence-corrected chi connectivity index (χ1v) is 5.00. The molecule has 0 aliphatic carbocycles. The topological polar surface area (TPSA) is 21.3 Å². The van der Waals surface area contributed by atoms with Crippen LogP contribution in [0.15, 0.2) is 24.3 Å². The quantitative estimate of drug-likeness (QED) is 0.650. The Hall–Kier alpha value is -1.67. The molecule has 1 N–H and O–H groups in total. The van der Waals surface area contributed by atoms with Crippen molar-refractivity contribution >= 4 is 0 Å². The van der Waals surface area contributed by atoms with E-state index in [1.54, 1.807) is 0 Å². The Morgan fingerprint density at radius 1 is 1.24 bits per heavy atom. The lowest BCUT2D eigenvalue weighted by molar-refractivity contribution is -0.274. The molecule has 1 aromatic rings. The molecule has 92 valence electrons. The number of nitrogens with one attached hydrogen (secondary N) is 1. The van der Waals surface area contributed by atoms with Crippen LogP contribution in [0.25, 0.3) is 0 Å². The van der Waals surface area contributed by atoms with E-state index in [4.69, 9.17) is 0 Å². The number of benzene rings is 1. The summed E-state index contributed by atoms with van der Waals surface area (Å²) in [5.41, 5.74) is 0.663. The monoisotopic (exact) mass is 243 g/mol. The molecule has 5 heteroatoms. The first-order valence-electron chi connectivity index (χ1n) is 5.00. The van der Waals surface area contributed by atoms with Crippen LogP contribution >= 0.6 is 0 Å². The lowest BCUT2D eigenvalue weighted by Gasteiger charge is -2.07. The molecule has 0 atom stereocenters. The van der Waals surface area contributed by atoms with Crippen LogP contribution in [-0.4, -0.2) is 20.0 Å². The molecule has 17 heavy (non-hydrogen) atoms. The molecule has 0 aliphatic rings. The normalized spacial score (nSPS) is 10.6. The van der Waals surface area contributed by atoms with Crippen molar-refractivity contribution in [2.24, 2.45) is 0 Å². The van der Waals surface area contributed by atoms with Gasteiger partial charge in [0.15, 0.2) is 0 Å². The SMILES string of the molecule is CNCCC#Cc1ccc(OC(F)(F)F)cc1. The third-order valence-electron chi connectivity index (χ3n) is 1.82. The van der Waals surface area contributed by atoms with E-state index in [9.17, 15) is 13.2 Å². The van der Waals surface area contributed by atoms with Gasteiger partial charge in [-0.2, -0.15) is 0 Å². The molecule has 0 unspecified atom stereocenters. The van der Waals surface area contributed by atoms with Crippen molar-refractivity contribution in [3.63, 3.8) is 0 Å². The molecule has 0 amide bonds. The summed E-state index contributed by atoms with van der Waals surface area (Å²) >= 11 is 0. The van der Waals surface area contributed by atoms with E-state index < -0.39 is 6.36 Å². The number of halogens is 3. The Kier molecular flexibility index (Phi) is 4.85. The maximum Gasteiger partial charge on any atom is 0.573 e. The molecular formula is C12H12F3NO. The molecule has 0 saturated heterocycles. The van der Waals surface area contributed by atoms with E-state index in [-0.39, 0.29) is 5.75 Å². The standard InChI is InChI=1S/C12H12F3NO/c1-16-9-3-2-4-10-5-7-11(8-6-10)17-12(13,14)15/h5-8,16H,3,9H2,1H3. The summed E-state index contributed by atoms with van der Waals surface area (Å²) in [7, 11) is 1.82. The highest BCUT2D eigenvalue weighted by Crippen LogP contribution is 2.22. The molecule has 0 saturated carbocycles. The number of hydrogen-bond donors (Lipinski definition) is 1. The number of alkyl halides is 3. The van der Waals surface area contributed by atoms with Crippen LogP contribution in [0.4, 0.5) is 13.2 Å². The highest BCUT2D eigenvalue weighted by molar-refractivity contribution is 5.38. The van der Waals surface area contributed by atoms with Crippen LogP contribution in [-0.2, 0) is 0 Å². The summed E-state index contributed by atoms with van der Waals surface area (Å²) < 4.78 is 39.4. The molecule has 1 rings (SSSR count). The third kappa shape index (κ3) is 5.83. The fourth-order valence-electron chi connectivity index (χ4n) is 1.09. The largest absolute Gasteiger partial charge is 0.573 e. The summed E-state index contributed by atoms with van der Waals surface area (Å²) in [5, 5.41) is 2.94. The summed E-state index contributed by atoms with van der Waals surface area (Å²) in [4.78, 5) is 0. The number of rotatable bonds is 3. The van der Waals surface area contributed by atoms with Gasteiger partial charge in [-0.25, -0.2) is 0 Å². The molecule has 0 aromatic heterocycles. The van der Waals surface area contributed by atoms with Gasteiger partial charge in [-0.05, 0) is 31.3 Å². The molecule has 0 spiro atoms. The van der Waals surface area contributed by atoms with Gasteiger partial charge in [-0.3, -0.25) is 0 Å². The summed E-state index contributed by atoms with van der Waals surface area (Å²) in [6.45, 7) is 0.780. The van der Waals surface area contributed by atoms with Crippen LogP contribution in [0.2, 0.25) is 0 Å². The predicted molar refractivity (Wildman–Crippen MR) is 58.5 cm³/mol. The maximum atomic E-state index is 11.9. The summed E-state index contributed by atoms with van der Waals surface area (Å²) in [6, 6.07) is 5.48. The Morgan fingerprint density at radius 2 is 1.88 bits per heavy atom. The van der Waals surface area contributed by atoms with Gasteiger partial charge in [0.05, 0.1) is 0 Å². The van der Waals surface area contributed by atoms with Gasteiger partial charge in [0.25, 0.3) is 0 Å². The molecule has 0 heterocycles. The second kappa shape index (κ2) is 6.16. The third-order valence-corrected chi connectivity index (χ3v) is 1.82. The van der Waals surface area contributed by atoms with Crippen molar-refractivity contribution in [1.82, 2.24) is 5.32 Å². The summed E-state index contributed by atoms with van der Waals surface area (Å²) in [6.07, 6.45) is -3.96. The molecule has 0 radical (unpaired) electrons. The number of ether oxygens (including phenoxy) is 1. The molecular weight excluding hydrogens is 231 g/mol. The maximum absolute atomic E-state index is 11.9. The minimum Gasteiger partial charge on any atom is -0.406 e. The molecule has 2 nitrogen and oxygen atoms in total.